The molecule has 0 unspecified atom stereocenters. The van der Waals surface area contributed by atoms with Crippen LogP contribution in [0.5, 0.6) is 0 Å². The Kier molecular flexibility index (Phi) is 6.49. The summed E-state index contributed by atoms with van der Waals surface area (Å²) >= 11 is 1.69. The van der Waals surface area contributed by atoms with E-state index < -0.39 is 0 Å². The topological polar surface area (TPSA) is 72.5 Å². The van der Waals surface area contributed by atoms with Crippen LogP contribution in [0.25, 0.3) is 10.9 Å². The second-order valence-corrected chi connectivity index (χ2v) is 7.45. The molecule has 0 saturated heterocycles. The first kappa shape index (κ1) is 19.0. The zero-order valence-electron chi connectivity index (χ0n) is 15.7. The second kappa shape index (κ2) is 9.23. The number of hydrogen-bond donors (Lipinski definition) is 3. The van der Waals surface area contributed by atoms with Gasteiger partial charge in [0.1, 0.15) is 6.54 Å². The summed E-state index contributed by atoms with van der Waals surface area (Å²) < 4.78 is 0. The molecule has 7 heteroatoms. The van der Waals surface area contributed by atoms with Crippen LogP contribution in [0.3, 0.4) is 0 Å². The molecule has 1 amide bonds. The Hall–Kier alpha value is -2.80. The van der Waals surface area contributed by atoms with Gasteiger partial charge in [0.2, 0.25) is 5.91 Å². The number of aliphatic imine (C=N–C) groups is 1. The zero-order valence-corrected chi connectivity index (χ0v) is 16.5. The van der Waals surface area contributed by atoms with E-state index in [4.69, 9.17) is 0 Å². The minimum absolute atomic E-state index is 0.0242. The Balaban J connectivity index is 1.59. The summed E-state index contributed by atoms with van der Waals surface area (Å²) in [6, 6.07) is 12.4. The first-order valence-electron chi connectivity index (χ1n) is 8.93. The number of para-hydroxylation sites is 1. The van der Waals surface area contributed by atoms with Gasteiger partial charge in [-0.3, -0.25) is 4.79 Å². The highest BCUT2D eigenvalue weighted by molar-refractivity contribution is 7.09. The van der Waals surface area contributed by atoms with Gasteiger partial charge in [0.15, 0.2) is 5.96 Å². The number of hydrogen-bond acceptors (Lipinski definition) is 3. The summed E-state index contributed by atoms with van der Waals surface area (Å²) in [5, 5.41) is 9.93. The third-order valence-electron chi connectivity index (χ3n) is 4.24. The van der Waals surface area contributed by atoms with E-state index >= 15 is 0 Å². The number of amides is 1. The van der Waals surface area contributed by atoms with Crippen LogP contribution in [0.4, 0.5) is 0 Å². The van der Waals surface area contributed by atoms with Gasteiger partial charge in [0.25, 0.3) is 0 Å². The Bertz CT molecular complexity index is 898. The van der Waals surface area contributed by atoms with Crippen LogP contribution in [0, 0.1) is 0 Å². The number of aromatic amines is 1. The van der Waals surface area contributed by atoms with Crippen molar-refractivity contribution in [2.24, 2.45) is 4.99 Å². The SMILES string of the molecule is CN(C)C(=O)CN=C(NCCc1c[nH]c2ccccc12)NCc1cccs1. The minimum Gasteiger partial charge on any atom is -0.361 e. The molecule has 142 valence electrons. The quantitative estimate of drug-likeness (QED) is 0.434. The number of thiophene rings is 1. The lowest BCUT2D eigenvalue weighted by Gasteiger charge is -2.13. The maximum Gasteiger partial charge on any atom is 0.243 e. The number of nitrogens with zero attached hydrogens (tertiary/aromatic N) is 2. The fourth-order valence-electron chi connectivity index (χ4n) is 2.70. The highest BCUT2D eigenvalue weighted by atomic mass is 32.1. The average Bonchev–Trinajstić information content (AvgIpc) is 3.33. The number of fused-ring (bicyclic) bond motifs is 1. The molecule has 0 aliphatic heterocycles. The smallest absolute Gasteiger partial charge is 0.243 e. The average molecular weight is 384 g/mol. The number of rotatable bonds is 7. The van der Waals surface area contributed by atoms with Crippen molar-refractivity contribution in [3.63, 3.8) is 0 Å². The van der Waals surface area contributed by atoms with Crippen LogP contribution >= 0.6 is 11.3 Å². The molecule has 0 aliphatic carbocycles. The van der Waals surface area contributed by atoms with Gasteiger partial charge < -0.3 is 20.5 Å². The van der Waals surface area contributed by atoms with Crippen molar-refractivity contribution in [3.8, 4) is 0 Å². The minimum atomic E-state index is -0.0242. The number of H-pyrrole nitrogens is 1. The summed E-state index contributed by atoms with van der Waals surface area (Å²) in [5.41, 5.74) is 2.41. The van der Waals surface area contributed by atoms with E-state index in [1.54, 1.807) is 30.3 Å². The third kappa shape index (κ3) is 5.34. The predicted molar refractivity (Wildman–Crippen MR) is 112 cm³/mol. The summed E-state index contributed by atoms with van der Waals surface area (Å²) in [4.78, 5) is 22.3. The van der Waals surface area contributed by atoms with Gasteiger partial charge in [-0.2, -0.15) is 0 Å². The summed E-state index contributed by atoms with van der Waals surface area (Å²) in [5.74, 6) is 0.627. The molecule has 0 saturated carbocycles. The monoisotopic (exact) mass is 383 g/mol. The van der Waals surface area contributed by atoms with E-state index in [1.807, 2.05) is 17.5 Å². The molecule has 2 heterocycles. The molecule has 0 radical (unpaired) electrons. The summed E-state index contributed by atoms with van der Waals surface area (Å²) in [6.45, 7) is 1.54. The third-order valence-corrected chi connectivity index (χ3v) is 5.12. The van der Waals surface area contributed by atoms with Crippen molar-refractivity contribution >= 4 is 34.1 Å². The van der Waals surface area contributed by atoms with Crippen molar-refractivity contribution in [1.82, 2.24) is 20.5 Å². The first-order chi connectivity index (χ1) is 13.1. The van der Waals surface area contributed by atoms with Gasteiger partial charge in [-0.05, 0) is 29.5 Å². The zero-order chi connectivity index (χ0) is 19.1. The van der Waals surface area contributed by atoms with Crippen molar-refractivity contribution in [2.45, 2.75) is 13.0 Å². The maximum atomic E-state index is 11.8. The number of likely N-dealkylation sites (N-methyl/N-ethyl adjacent to an activating group) is 1. The molecule has 3 N–H and O–H groups in total. The molecule has 0 bridgehead atoms. The van der Waals surface area contributed by atoms with E-state index in [-0.39, 0.29) is 12.5 Å². The second-order valence-electron chi connectivity index (χ2n) is 6.42. The van der Waals surface area contributed by atoms with E-state index in [0.29, 0.717) is 12.5 Å². The lowest BCUT2D eigenvalue weighted by Crippen LogP contribution is -2.39. The predicted octanol–water partition coefficient (Wildman–Crippen LogP) is 2.60. The lowest BCUT2D eigenvalue weighted by molar-refractivity contribution is -0.127. The highest BCUT2D eigenvalue weighted by Gasteiger charge is 2.06. The van der Waals surface area contributed by atoms with E-state index in [0.717, 1.165) is 18.5 Å². The van der Waals surface area contributed by atoms with Crippen LogP contribution < -0.4 is 10.6 Å². The Morgan fingerprint density at radius 2 is 2.04 bits per heavy atom. The molecule has 0 fully saturated rings. The summed E-state index contributed by atoms with van der Waals surface area (Å²) in [6.07, 6.45) is 2.92. The lowest BCUT2D eigenvalue weighted by atomic mass is 10.1. The Morgan fingerprint density at radius 3 is 2.81 bits per heavy atom. The number of carbonyl (C=O) groups excluding carboxylic acids is 1. The van der Waals surface area contributed by atoms with Crippen LogP contribution in [-0.2, 0) is 17.8 Å². The number of aromatic nitrogens is 1. The molecular formula is C20H25N5OS. The number of carbonyl (C=O) groups is 1. The number of guanidine groups is 1. The molecule has 0 aliphatic rings. The van der Waals surface area contributed by atoms with Gasteiger partial charge in [-0.25, -0.2) is 4.99 Å². The van der Waals surface area contributed by atoms with Crippen molar-refractivity contribution in [3.05, 3.63) is 58.4 Å². The van der Waals surface area contributed by atoms with E-state index in [9.17, 15) is 4.79 Å². The molecular weight excluding hydrogens is 358 g/mol. The van der Waals surface area contributed by atoms with Gasteiger partial charge in [0, 0.05) is 42.6 Å². The summed E-state index contributed by atoms with van der Waals surface area (Å²) in [7, 11) is 3.47. The molecule has 3 aromatic rings. The maximum absolute atomic E-state index is 11.8. The fourth-order valence-corrected chi connectivity index (χ4v) is 3.35. The Morgan fingerprint density at radius 1 is 1.19 bits per heavy atom. The van der Waals surface area contributed by atoms with Crippen LogP contribution in [-0.4, -0.2) is 48.9 Å². The van der Waals surface area contributed by atoms with Gasteiger partial charge in [0.05, 0.1) is 6.54 Å². The van der Waals surface area contributed by atoms with Gasteiger partial charge in [-0.15, -0.1) is 11.3 Å². The van der Waals surface area contributed by atoms with E-state index in [1.165, 1.54) is 15.8 Å². The van der Waals surface area contributed by atoms with E-state index in [2.05, 4.69) is 51.1 Å². The molecule has 1 aromatic carbocycles. The molecule has 27 heavy (non-hydrogen) atoms. The van der Waals surface area contributed by atoms with Crippen molar-refractivity contribution in [1.29, 1.82) is 0 Å². The van der Waals surface area contributed by atoms with Crippen LogP contribution in [0.2, 0.25) is 0 Å². The molecule has 3 rings (SSSR count). The molecule has 0 atom stereocenters. The standard InChI is InChI=1S/C20H25N5OS/c1-25(2)19(26)14-24-20(23-13-16-6-5-11-27-16)21-10-9-15-12-22-18-8-4-3-7-17(15)18/h3-8,11-12,22H,9-10,13-14H2,1-2H3,(H2,21,23,24). The highest BCUT2D eigenvalue weighted by Crippen LogP contribution is 2.17. The van der Waals surface area contributed by atoms with Crippen LogP contribution in [0.1, 0.15) is 10.4 Å². The van der Waals surface area contributed by atoms with Crippen molar-refractivity contribution < 1.29 is 4.79 Å². The fraction of sp³-hybridized carbons (Fsp3) is 0.300. The van der Waals surface area contributed by atoms with Gasteiger partial charge >= 0.3 is 0 Å². The normalized spacial score (nSPS) is 11.6. The molecule has 0 spiro atoms. The number of nitrogens with one attached hydrogen (secondary N) is 3. The first-order valence-corrected chi connectivity index (χ1v) is 9.81. The van der Waals surface area contributed by atoms with Crippen molar-refractivity contribution in [2.75, 3.05) is 27.2 Å². The number of benzene rings is 1. The molecule has 2 aromatic heterocycles. The largest absolute Gasteiger partial charge is 0.361 e. The van der Waals surface area contributed by atoms with Crippen LogP contribution in [0.15, 0.2) is 53.0 Å². The van der Waals surface area contributed by atoms with Gasteiger partial charge in [-0.1, -0.05) is 24.3 Å². The Labute approximate surface area is 163 Å². The molecule has 6 nitrogen and oxygen atoms in total.